The number of carbonyl (C=O) groups is 2. The molecule has 0 atom stereocenters. The topological polar surface area (TPSA) is 78.6 Å². The molecule has 0 aliphatic rings. The van der Waals surface area contributed by atoms with E-state index in [1.54, 1.807) is 36.4 Å². The van der Waals surface area contributed by atoms with Crippen LogP contribution in [0.25, 0.3) is 10.8 Å². The van der Waals surface area contributed by atoms with Crippen molar-refractivity contribution < 1.29 is 19.1 Å². The Morgan fingerprint density at radius 2 is 1.15 bits per heavy atom. The Morgan fingerprint density at radius 3 is 1.64 bits per heavy atom. The molecule has 0 heterocycles. The first kappa shape index (κ1) is 22.2. The van der Waals surface area contributed by atoms with Crippen molar-refractivity contribution in [1.82, 2.24) is 0 Å². The van der Waals surface area contributed by atoms with Crippen LogP contribution in [-0.4, -0.2) is 18.5 Å². The zero-order valence-electron chi connectivity index (χ0n) is 18.6. The van der Waals surface area contributed by atoms with Gasteiger partial charge in [0.25, 0.3) is 0 Å². The van der Waals surface area contributed by atoms with Gasteiger partial charge in [0.15, 0.2) is 11.5 Å². The maximum Gasteiger partial charge on any atom is 0.343 e. The van der Waals surface area contributed by atoms with E-state index in [0.29, 0.717) is 17.7 Å². The summed E-state index contributed by atoms with van der Waals surface area (Å²) in [6.45, 7) is 4.42. The van der Waals surface area contributed by atoms with Crippen molar-refractivity contribution in [1.29, 1.82) is 0 Å². The predicted octanol–water partition coefficient (Wildman–Crippen LogP) is 5.40. The van der Waals surface area contributed by atoms with E-state index in [2.05, 4.69) is 0 Å². The molecule has 0 saturated carbocycles. The van der Waals surface area contributed by atoms with Crippen molar-refractivity contribution in [2.24, 2.45) is 5.73 Å². The molecule has 0 bridgehead atoms. The normalized spacial score (nSPS) is 10.8. The van der Waals surface area contributed by atoms with E-state index in [1.165, 1.54) is 0 Å². The maximum atomic E-state index is 12.8. The molecule has 5 nitrogen and oxygen atoms in total. The van der Waals surface area contributed by atoms with Crippen LogP contribution in [0.3, 0.4) is 0 Å². The van der Waals surface area contributed by atoms with Crippen LogP contribution in [0.2, 0.25) is 0 Å². The predicted molar refractivity (Wildman–Crippen MR) is 129 cm³/mol. The molecular weight excluding hydrogens is 414 g/mol. The molecule has 2 N–H and O–H groups in total. The summed E-state index contributed by atoms with van der Waals surface area (Å²) in [5.74, 6) is -0.694. The highest BCUT2D eigenvalue weighted by Gasteiger charge is 2.18. The zero-order chi connectivity index (χ0) is 23.4. The molecule has 0 fully saturated rings. The number of rotatable bonds is 6. The van der Waals surface area contributed by atoms with Gasteiger partial charge >= 0.3 is 11.9 Å². The average Bonchev–Trinajstić information content (AvgIpc) is 2.80. The van der Waals surface area contributed by atoms with Crippen LogP contribution >= 0.6 is 0 Å². The second-order valence-corrected chi connectivity index (χ2v) is 8.03. The number of hydrogen-bond acceptors (Lipinski definition) is 5. The lowest BCUT2D eigenvalue weighted by Gasteiger charge is -2.13. The van der Waals surface area contributed by atoms with Gasteiger partial charge in [-0.1, -0.05) is 53.6 Å². The third kappa shape index (κ3) is 5.27. The van der Waals surface area contributed by atoms with Gasteiger partial charge < -0.3 is 15.2 Å². The molecule has 0 unspecified atom stereocenters. The van der Waals surface area contributed by atoms with Crippen molar-refractivity contribution in [3.63, 3.8) is 0 Å². The molecule has 0 aromatic heterocycles. The highest BCUT2D eigenvalue weighted by atomic mass is 16.6. The standard InChI is InChI=1S/C28H25NO4/c1-18-3-8-21(9-4-18)27(30)32-25-16-23-12-7-20(13-14-29)15-24(23)17-26(25)33-28(31)22-10-5-19(2)6-11-22/h3-12,15-17H,13-14,29H2,1-2H3. The first-order chi connectivity index (χ1) is 15.9. The molecule has 0 amide bonds. The Labute approximate surface area is 192 Å². The molecule has 4 aromatic carbocycles. The lowest BCUT2D eigenvalue weighted by atomic mass is 10.0. The van der Waals surface area contributed by atoms with Crippen molar-refractivity contribution >= 4 is 22.7 Å². The highest BCUT2D eigenvalue weighted by molar-refractivity contribution is 5.95. The largest absolute Gasteiger partial charge is 0.419 e. The summed E-state index contributed by atoms with van der Waals surface area (Å²) < 4.78 is 11.4. The summed E-state index contributed by atoms with van der Waals surface area (Å²) in [6, 6.07) is 23.5. The minimum absolute atomic E-state index is 0.179. The molecular formula is C28H25NO4. The summed E-state index contributed by atoms with van der Waals surface area (Å²) in [5.41, 5.74) is 9.67. The number of hydrogen-bond donors (Lipinski definition) is 1. The van der Waals surface area contributed by atoms with Gasteiger partial charge in [-0.15, -0.1) is 0 Å². The Bertz CT molecular complexity index is 1310. The fourth-order valence-electron chi connectivity index (χ4n) is 3.48. The maximum absolute atomic E-state index is 12.8. The summed E-state index contributed by atoms with van der Waals surface area (Å²) in [5, 5.41) is 1.72. The Hall–Kier alpha value is -3.96. The molecule has 5 heteroatoms. The molecule has 0 radical (unpaired) electrons. The second-order valence-electron chi connectivity index (χ2n) is 8.03. The highest BCUT2D eigenvalue weighted by Crippen LogP contribution is 2.34. The minimum atomic E-state index is -0.528. The number of aryl methyl sites for hydroxylation is 2. The van der Waals surface area contributed by atoms with Crippen molar-refractivity contribution in [3.8, 4) is 11.5 Å². The van der Waals surface area contributed by atoms with Crippen LogP contribution in [0, 0.1) is 13.8 Å². The second kappa shape index (κ2) is 9.67. The molecule has 0 saturated heterocycles. The van der Waals surface area contributed by atoms with E-state index >= 15 is 0 Å². The van der Waals surface area contributed by atoms with Crippen LogP contribution in [0.5, 0.6) is 11.5 Å². The van der Waals surface area contributed by atoms with Crippen LogP contribution in [-0.2, 0) is 6.42 Å². The number of carbonyl (C=O) groups excluding carboxylic acids is 2. The number of ether oxygens (including phenoxy) is 2. The van der Waals surface area contributed by atoms with Crippen LogP contribution in [0.1, 0.15) is 37.4 Å². The van der Waals surface area contributed by atoms with Crippen LogP contribution in [0.15, 0.2) is 78.9 Å². The lowest BCUT2D eigenvalue weighted by Crippen LogP contribution is -2.12. The Kier molecular flexibility index (Phi) is 6.52. The van der Waals surface area contributed by atoms with E-state index in [1.807, 2.05) is 56.3 Å². The van der Waals surface area contributed by atoms with Gasteiger partial charge in [-0.3, -0.25) is 0 Å². The number of nitrogens with two attached hydrogens (primary N) is 1. The van der Waals surface area contributed by atoms with Gasteiger partial charge in [0, 0.05) is 0 Å². The van der Waals surface area contributed by atoms with Crippen molar-refractivity contribution in [2.75, 3.05) is 6.54 Å². The zero-order valence-corrected chi connectivity index (χ0v) is 18.6. The third-order valence-electron chi connectivity index (χ3n) is 5.38. The fraction of sp³-hybridized carbons (Fsp3) is 0.143. The number of benzene rings is 4. The SMILES string of the molecule is Cc1ccc(C(=O)Oc2cc3ccc(CCN)cc3cc2OC(=O)c2ccc(C)cc2)cc1. The van der Waals surface area contributed by atoms with Crippen molar-refractivity contribution in [3.05, 3.63) is 107 Å². The van der Waals surface area contributed by atoms with Crippen LogP contribution < -0.4 is 15.2 Å². The Morgan fingerprint density at radius 1 is 0.667 bits per heavy atom. The molecule has 0 spiro atoms. The first-order valence-electron chi connectivity index (χ1n) is 10.8. The van der Waals surface area contributed by atoms with E-state index in [9.17, 15) is 9.59 Å². The van der Waals surface area contributed by atoms with Gasteiger partial charge in [0.1, 0.15) is 0 Å². The minimum Gasteiger partial charge on any atom is -0.419 e. The third-order valence-corrected chi connectivity index (χ3v) is 5.38. The summed E-state index contributed by atoms with van der Waals surface area (Å²) in [7, 11) is 0. The van der Waals surface area contributed by atoms with Gasteiger partial charge in [0.05, 0.1) is 11.1 Å². The molecule has 166 valence electrons. The smallest absolute Gasteiger partial charge is 0.343 e. The number of fused-ring (bicyclic) bond motifs is 1. The van der Waals surface area contributed by atoms with Gasteiger partial charge in [-0.05, 0) is 79.5 Å². The number of esters is 2. The summed E-state index contributed by atoms with van der Waals surface area (Å²) in [6.07, 6.45) is 0.735. The Balaban J connectivity index is 1.71. The van der Waals surface area contributed by atoms with Crippen molar-refractivity contribution in [2.45, 2.75) is 20.3 Å². The van der Waals surface area contributed by atoms with E-state index in [4.69, 9.17) is 15.2 Å². The van der Waals surface area contributed by atoms with Gasteiger partial charge in [-0.2, -0.15) is 0 Å². The van der Waals surface area contributed by atoms with E-state index < -0.39 is 11.9 Å². The fourth-order valence-corrected chi connectivity index (χ4v) is 3.48. The molecule has 0 aliphatic carbocycles. The monoisotopic (exact) mass is 439 g/mol. The van der Waals surface area contributed by atoms with Gasteiger partial charge in [-0.25, -0.2) is 9.59 Å². The van der Waals surface area contributed by atoms with E-state index in [0.717, 1.165) is 33.9 Å². The van der Waals surface area contributed by atoms with Gasteiger partial charge in [0.2, 0.25) is 0 Å². The molecule has 4 aromatic rings. The molecule has 4 rings (SSSR count). The summed E-state index contributed by atoms with van der Waals surface area (Å²) >= 11 is 0. The first-order valence-corrected chi connectivity index (χ1v) is 10.8. The van der Waals surface area contributed by atoms with Crippen LogP contribution in [0.4, 0.5) is 0 Å². The van der Waals surface area contributed by atoms with E-state index in [-0.39, 0.29) is 11.5 Å². The lowest BCUT2D eigenvalue weighted by molar-refractivity contribution is 0.0683. The average molecular weight is 440 g/mol. The molecule has 0 aliphatic heterocycles. The molecule has 33 heavy (non-hydrogen) atoms. The quantitative estimate of drug-likeness (QED) is 0.322. The summed E-state index contributed by atoms with van der Waals surface area (Å²) in [4.78, 5) is 25.6.